The molecule has 3 aromatic carbocycles. The monoisotopic (exact) mass is 533 g/mol. The summed E-state index contributed by atoms with van der Waals surface area (Å²) in [4.78, 5) is 5.31. The molecule has 1 N–H and O–H groups in total. The molecular weight excluding hydrogens is 498 g/mol. The van der Waals surface area contributed by atoms with E-state index in [2.05, 4.69) is 75.2 Å². The number of ether oxygens (including phenoxy) is 2. The highest BCUT2D eigenvalue weighted by molar-refractivity contribution is 7.89. The van der Waals surface area contributed by atoms with Gasteiger partial charge in [0.1, 0.15) is 0 Å². The van der Waals surface area contributed by atoms with E-state index in [9.17, 15) is 8.42 Å². The van der Waals surface area contributed by atoms with Crippen LogP contribution in [0, 0.1) is 0 Å². The largest absolute Gasteiger partial charge is 0.342 e. The van der Waals surface area contributed by atoms with Crippen molar-refractivity contribution in [3.63, 3.8) is 0 Å². The van der Waals surface area contributed by atoms with Gasteiger partial charge in [-0.25, -0.2) is 13.1 Å². The van der Waals surface area contributed by atoms with E-state index in [-0.39, 0.29) is 10.9 Å². The molecule has 1 spiro atoms. The molecule has 0 saturated carbocycles. The summed E-state index contributed by atoms with van der Waals surface area (Å²) in [6.07, 6.45) is 1.50. The first kappa shape index (κ1) is 25.7. The Bertz CT molecular complexity index is 1280. The van der Waals surface area contributed by atoms with Gasteiger partial charge in [-0.05, 0) is 36.6 Å². The number of hydrogen-bond acceptors (Lipinski definition) is 6. The normalized spacial score (nSPS) is 23.0. The number of sulfonamides is 1. The van der Waals surface area contributed by atoms with Gasteiger partial charge in [0.15, 0.2) is 0 Å². The van der Waals surface area contributed by atoms with Crippen LogP contribution in [0.5, 0.6) is 0 Å². The summed E-state index contributed by atoms with van der Waals surface area (Å²) in [5.41, 5.74) is 3.25. The molecule has 6 rings (SSSR count). The van der Waals surface area contributed by atoms with Gasteiger partial charge in [-0.15, -0.1) is 0 Å². The minimum absolute atomic E-state index is 0.243. The summed E-state index contributed by atoms with van der Waals surface area (Å²) in [7, 11) is -3.61. The fourth-order valence-corrected chi connectivity index (χ4v) is 7.72. The van der Waals surface area contributed by atoms with Crippen LogP contribution in [0.15, 0.2) is 89.8 Å². The average molecular weight is 534 g/mol. The predicted octanol–water partition coefficient (Wildman–Crippen LogP) is 3.73. The lowest BCUT2D eigenvalue weighted by Gasteiger charge is -2.42. The summed E-state index contributed by atoms with van der Waals surface area (Å²) in [6, 6.07) is 28.3. The van der Waals surface area contributed by atoms with Gasteiger partial charge in [0, 0.05) is 31.7 Å². The van der Waals surface area contributed by atoms with E-state index in [1.54, 1.807) is 12.1 Å². The van der Waals surface area contributed by atoms with Gasteiger partial charge in [0.2, 0.25) is 15.8 Å². The Hall–Kier alpha value is -2.59. The Morgan fingerprint density at radius 2 is 1.39 bits per heavy atom. The Morgan fingerprint density at radius 3 is 2.03 bits per heavy atom. The quantitative estimate of drug-likeness (QED) is 0.499. The first-order valence-electron chi connectivity index (χ1n) is 13.5. The van der Waals surface area contributed by atoms with Crippen molar-refractivity contribution in [2.75, 3.05) is 45.9 Å². The summed E-state index contributed by atoms with van der Waals surface area (Å²) < 4.78 is 41.1. The van der Waals surface area contributed by atoms with E-state index in [0.717, 1.165) is 39.1 Å². The molecule has 0 aromatic heterocycles. The Balaban J connectivity index is 1.10. The third-order valence-electron chi connectivity index (χ3n) is 7.99. The molecule has 1 unspecified atom stereocenters. The summed E-state index contributed by atoms with van der Waals surface area (Å²) >= 11 is 0. The molecule has 0 aliphatic carbocycles. The Labute approximate surface area is 225 Å². The fraction of sp³-hybridized carbons (Fsp3) is 0.400. The number of nitrogens with one attached hydrogen (secondary N) is 1. The van der Waals surface area contributed by atoms with Crippen molar-refractivity contribution in [1.82, 2.24) is 14.5 Å². The van der Waals surface area contributed by atoms with E-state index in [1.807, 2.05) is 12.1 Å². The molecule has 0 radical (unpaired) electrons. The second kappa shape index (κ2) is 10.9. The Kier molecular flexibility index (Phi) is 7.35. The van der Waals surface area contributed by atoms with E-state index in [4.69, 9.17) is 9.47 Å². The molecule has 3 aliphatic rings. The van der Waals surface area contributed by atoms with Crippen LogP contribution in [-0.4, -0.2) is 70.2 Å². The summed E-state index contributed by atoms with van der Waals surface area (Å²) in [5.74, 6) is -1.04. The predicted molar refractivity (Wildman–Crippen MR) is 146 cm³/mol. The second-order valence-electron chi connectivity index (χ2n) is 10.3. The standard InChI is InChI=1S/C30H35N3O4S/c34-38(35)27-15-8-7-14-26(27)30(36-22-23-37-30)28(31-38)16-9-17-32-18-20-33(21-19-32)29(24-10-3-1-4-11-24)25-12-5-2-6-13-25/h1-8,10-15,28-29,31H,9,16-23H2. The number of fused-ring (bicyclic) bond motifs is 2. The molecule has 38 heavy (non-hydrogen) atoms. The van der Waals surface area contributed by atoms with Crippen LogP contribution in [0.1, 0.15) is 35.6 Å². The van der Waals surface area contributed by atoms with Crippen molar-refractivity contribution < 1.29 is 17.9 Å². The van der Waals surface area contributed by atoms with Crippen LogP contribution in [0.4, 0.5) is 0 Å². The molecule has 8 heteroatoms. The molecule has 2 saturated heterocycles. The summed E-state index contributed by atoms with van der Waals surface area (Å²) in [6.45, 7) is 5.74. The SMILES string of the molecule is O=S1(=O)NC(CCCN2CCN(C(c3ccccc3)c3ccccc3)CC2)C2(OCCO2)c2ccccc21. The highest BCUT2D eigenvalue weighted by Gasteiger charge is 2.53. The first-order valence-corrected chi connectivity index (χ1v) is 15.0. The van der Waals surface area contributed by atoms with E-state index in [1.165, 1.54) is 11.1 Å². The van der Waals surface area contributed by atoms with Gasteiger partial charge in [-0.1, -0.05) is 78.9 Å². The van der Waals surface area contributed by atoms with Crippen LogP contribution in [0.2, 0.25) is 0 Å². The van der Waals surface area contributed by atoms with Gasteiger partial charge in [-0.2, -0.15) is 0 Å². The molecule has 3 heterocycles. The number of nitrogens with zero attached hydrogens (tertiary/aromatic N) is 2. The lowest BCUT2D eigenvalue weighted by molar-refractivity contribution is -0.190. The van der Waals surface area contributed by atoms with Crippen LogP contribution in [0.25, 0.3) is 0 Å². The number of benzene rings is 3. The minimum atomic E-state index is -3.61. The topological polar surface area (TPSA) is 71.1 Å². The van der Waals surface area contributed by atoms with Gasteiger partial charge >= 0.3 is 0 Å². The maximum atomic E-state index is 13.0. The Morgan fingerprint density at radius 1 is 0.816 bits per heavy atom. The average Bonchev–Trinajstić information content (AvgIpc) is 3.45. The minimum Gasteiger partial charge on any atom is -0.342 e. The molecule has 1 atom stereocenters. The van der Waals surface area contributed by atoms with Gasteiger partial charge < -0.3 is 14.4 Å². The smallest absolute Gasteiger partial charge is 0.241 e. The van der Waals surface area contributed by atoms with Gasteiger partial charge in [-0.3, -0.25) is 4.90 Å². The van der Waals surface area contributed by atoms with E-state index < -0.39 is 21.9 Å². The molecule has 3 aromatic rings. The zero-order chi connectivity index (χ0) is 26.0. The van der Waals surface area contributed by atoms with Crippen LogP contribution in [-0.2, 0) is 25.3 Å². The lowest BCUT2D eigenvalue weighted by Crippen LogP contribution is -2.56. The molecule has 7 nitrogen and oxygen atoms in total. The zero-order valence-corrected chi connectivity index (χ0v) is 22.4. The van der Waals surface area contributed by atoms with Gasteiger partial charge in [0.25, 0.3) is 0 Å². The number of hydrogen-bond donors (Lipinski definition) is 1. The van der Waals surface area contributed by atoms with Crippen LogP contribution in [0.3, 0.4) is 0 Å². The summed E-state index contributed by atoms with van der Waals surface area (Å²) in [5, 5.41) is 0. The van der Waals surface area contributed by atoms with E-state index in [0.29, 0.717) is 25.2 Å². The third-order valence-corrected chi connectivity index (χ3v) is 9.52. The molecule has 200 valence electrons. The maximum absolute atomic E-state index is 13.0. The highest BCUT2D eigenvalue weighted by atomic mass is 32.2. The number of piperazine rings is 1. The third kappa shape index (κ3) is 4.93. The van der Waals surface area contributed by atoms with Crippen molar-refractivity contribution in [3.05, 3.63) is 102 Å². The zero-order valence-electron chi connectivity index (χ0n) is 21.5. The van der Waals surface area contributed by atoms with Crippen molar-refractivity contribution in [3.8, 4) is 0 Å². The first-order chi connectivity index (χ1) is 18.6. The van der Waals surface area contributed by atoms with Crippen molar-refractivity contribution in [2.24, 2.45) is 0 Å². The maximum Gasteiger partial charge on any atom is 0.241 e. The molecule has 0 amide bonds. The van der Waals surface area contributed by atoms with E-state index >= 15 is 0 Å². The highest BCUT2D eigenvalue weighted by Crippen LogP contribution is 2.43. The van der Waals surface area contributed by atoms with Crippen molar-refractivity contribution >= 4 is 10.0 Å². The molecular formula is C30H35N3O4S. The van der Waals surface area contributed by atoms with Crippen molar-refractivity contribution in [1.29, 1.82) is 0 Å². The van der Waals surface area contributed by atoms with Crippen molar-refractivity contribution in [2.45, 2.75) is 35.6 Å². The van der Waals surface area contributed by atoms with Crippen LogP contribution >= 0.6 is 0 Å². The molecule has 0 bridgehead atoms. The number of rotatable bonds is 7. The second-order valence-corrected chi connectivity index (χ2v) is 12.0. The van der Waals surface area contributed by atoms with Crippen LogP contribution < -0.4 is 4.72 Å². The fourth-order valence-electron chi connectivity index (χ4n) is 6.19. The molecule has 2 fully saturated rings. The van der Waals surface area contributed by atoms with Gasteiger partial charge in [0.05, 0.1) is 30.2 Å². The lowest BCUT2D eigenvalue weighted by atomic mass is 9.94. The molecule has 3 aliphatic heterocycles.